The normalized spacial score (nSPS) is 18.5. The lowest BCUT2D eigenvalue weighted by molar-refractivity contribution is 0.0684. The summed E-state index contributed by atoms with van der Waals surface area (Å²) in [7, 11) is 0. The summed E-state index contributed by atoms with van der Waals surface area (Å²) >= 11 is 0. The number of carbonyl (C=O) groups is 1. The number of carbonyl (C=O) groups excluding carboxylic acids is 1. The molecule has 0 unspecified atom stereocenters. The first-order chi connectivity index (χ1) is 12.2. The van der Waals surface area contributed by atoms with Crippen LogP contribution < -0.4 is 0 Å². The van der Waals surface area contributed by atoms with Gasteiger partial charge in [0.1, 0.15) is 5.82 Å². The van der Waals surface area contributed by atoms with Crippen LogP contribution in [-0.4, -0.2) is 38.4 Å². The molecule has 3 heterocycles. The van der Waals surface area contributed by atoms with Crippen LogP contribution in [0.25, 0.3) is 0 Å². The zero-order valence-corrected chi connectivity index (χ0v) is 14.9. The van der Waals surface area contributed by atoms with E-state index in [1.807, 2.05) is 23.2 Å². The van der Waals surface area contributed by atoms with Gasteiger partial charge in [-0.15, -0.1) is 0 Å². The molecule has 25 heavy (non-hydrogen) atoms. The van der Waals surface area contributed by atoms with E-state index in [2.05, 4.69) is 21.5 Å². The maximum Gasteiger partial charge on any atom is 0.255 e. The third-order valence-corrected chi connectivity index (χ3v) is 5.60. The highest BCUT2D eigenvalue weighted by molar-refractivity contribution is 5.93. The monoisotopic (exact) mass is 338 g/mol. The predicted molar refractivity (Wildman–Crippen MR) is 96.4 cm³/mol. The Hall–Kier alpha value is -2.17. The molecule has 1 saturated heterocycles. The summed E-state index contributed by atoms with van der Waals surface area (Å²) in [6.45, 7) is 4.94. The Morgan fingerprint density at radius 2 is 2.00 bits per heavy atom. The van der Waals surface area contributed by atoms with Gasteiger partial charge in [-0.05, 0) is 57.1 Å². The largest absolute Gasteiger partial charge is 0.339 e. The van der Waals surface area contributed by atoms with Gasteiger partial charge < -0.3 is 9.47 Å². The quantitative estimate of drug-likeness (QED) is 0.839. The van der Waals surface area contributed by atoms with Crippen molar-refractivity contribution in [1.29, 1.82) is 0 Å². The molecule has 5 nitrogen and oxygen atoms in total. The number of imidazole rings is 1. The Kier molecular flexibility index (Phi) is 4.55. The number of hydrogen-bond donors (Lipinski definition) is 0. The van der Waals surface area contributed by atoms with Gasteiger partial charge in [0.05, 0.1) is 5.56 Å². The molecule has 5 heteroatoms. The number of likely N-dealkylation sites (tertiary alicyclic amines) is 1. The van der Waals surface area contributed by atoms with Crippen LogP contribution in [0.2, 0.25) is 0 Å². The summed E-state index contributed by atoms with van der Waals surface area (Å²) in [4.78, 5) is 23.1. The van der Waals surface area contributed by atoms with Crippen LogP contribution in [0.1, 0.15) is 59.9 Å². The SMILES string of the molecule is Cc1cnc(C2CC2)n1CCC1CCN(C(=O)c2cccnc2)CC1. The summed E-state index contributed by atoms with van der Waals surface area (Å²) in [5.74, 6) is 2.81. The predicted octanol–water partition coefficient (Wildman–Crippen LogP) is 3.41. The lowest BCUT2D eigenvalue weighted by Crippen LogP contribution is -2.38. The average Bonchev–Trinajstić information content (AvgIpc) is 3.44. The number of hydrogen-bond acceptors (Lipinski definition) is 3. The molecule has 1 saturated carbocycles. The Balaban J connectivity index is 1.29. The van der Waals surface area contributed by atoms with Crippen molar-refractivity contribution in [3.63, 3.8) is 0 Å². The van der Waals surface area contributed by atoms with Gasteiger partial charge in [0.2, 0.25) is 0 Å². The number of aryl methyl sites for hydroxylation is 1. The van der Waals surface area contributed by atoms with E-state index < -0.39 is 0 Å². The number of aromatic nitrogens is 3. The third-order valence-electron chi connectivity index (χ3n) is 5.60. The number of pyridine rings is 1. The van der Waals surface area contributed by atoms with Gasteiger partial charge in [0.25, 0.3) is 5.91 Å². The molecule has 0 radical (unpaired) electrons. The van der Waals surface area contributed by atoms with Gasteiger partial charge in [-0.1, -0.05) is 0 Å². The van der Waals surface area contributed by atoms with E-state index in [0.29, 0.717) is 17.4 Å². The standard InChI is InChI=1S/C20H26N4O/c1-15-13-22-19(17-4-5-17)24(15)12-8-16-6-10-23(11-7-16)20(25)18-3-2-9-21-14-18/h2-3,9,13-14,16-17H,4-8,10-12H2,1H3. The molecule has 1 amide bonds. The van der Waals surface area contributed by atoms with Gasteiger partial charge in [0.15, 0.2) is 0 Å². The molecule has 0 bridgehead atoms. The average molecular weight is 338 g/mol. The summed E-state index contributed by atoms with van der Waals surface area (Å²) < 4.78 is 2.42. The molecule has 1 aliphatic heterocycles. The van der Waals surface area contributed by atoms with Crippen LogP contribution in [0.4, 0.5) is 0 Å². The first kappa shape index (κ1) is 16.3. The zero-order chi connectivity index (χ0) is 17.2. The van der Waals surface area contributed by atoms with Gasteiger partial charge >= 0.3 is 0 Å². The van der Waals surface area contributed by atoms with Crippen molar-refractivity contribution in [3.8, 4) is 0 Å². The Labute approximate surface area is 149 Å². The van der Waals surface area contributed by atoms with Crippen LogP contribution >= 0.6 is 0 Å². The van der Waals surface area contributed by atoms with Crippen molar-refractivity contribution in [3.05, 3.63) is 47.8 Å². The second-order valence-corrected chi connectivity index (χ2v) is 7.45. The Morgan fingerprint density at radius 3 is 2.68 bits per heavy atom. The molecule has 4 rings (SSSR count). The second kappa shape index (κ2) is 6.98. The second-order valence-electron chi connectivity index (χ2n) is 7.45. The minimum atomic E-state index is 0.119. The van der Waals surface area contributed by atoms with Crippen LogP contribution in [0.15, 0.2) is 30.7 Å². The van der Waals surface area contributed by atoms with E-state index in [-0.39, 0.29) is 5.91 Å². The van der Waals surface area contributed by atoms with E-state index >= 15 is 0 Å². The number of amides is 1. The van der Waals surface area contributed by atoms with E-state index in [4.69, 9.17) is 0 Å². The molecule has 2 aromatic rings. The molecule has 132 valence electrons. The van der Waals surface area contributed by atoms with Crippen LogP contribution in [-0.2, 0) is 6.54 Å². The van der Waals surface area contributed by atoms with Crippen LogP contribution in [0.5, 0.6) is 0 Å². The van der Waals surface area contributed by atoms with Crippen molar-refractivity contribution in [2.75, 3.05) is 13.1 Å². The minimum Gasteiger partial charge on any atom is -0.339 e. The smallest absolute Gasteiger partial charge is 0.255 e. The molecular weight excluding hydrogens is 312 g/mol. The van der Waals surface area contributed by atoms with Crippen LogP contribution in [0, 0.1) is 12.8 Å². The maximum atomic E-state index is 12.5. The fourth-order valence-electron chi connectivity index (χ4n) is 3.85. The van der Waals surface area contributed by atoms with Crippen molar-refractivity contribution in [2.45, 2.75) is 51.5 Å². The Morgan fingerprint density at radius 1 is 1.20 bits per heavy atom. The Bertz CT molecular complexity index is 727. The van der Waals surface area contributed by atoms with Crippen LogP contribution in [0.3, 0.4) is 0 Å². The van der Waals surface area contributed by atoms with Gasteiger partial charge in [0, 0.05) is 49.8 Å². The third kappa shape index (κ3) is 3.60. The first-order valence-electron chi connectivity index (χ1n) is 9.43. The molecule has 1 aliphatic carbocycles. The lowest BCUT2D eigenvalue weighted by atomic mass is 9.93. The summed E-state index contributed by atoms with van der Waals surface area (Å²) in [5, 5.41) is 0. The van der Waals surface area contributed by atoms with Crippen molar-refractivity contribution >= 4 is 5.91 Å². The van der Waals surface area contributed by atoms with Crippen molar-refractivity contribution in [2.24, 2.45) is 5.92 Å². The fraction of sp³-hybridized carbons (Fsp3) is 0.550. The van der Waals surface area contributed by atoms with Crippen molar-refractivity contribution < 1.29 is 4.79 Å². The fourth-order valence-corrected chi connectivity index (χ4v) is 3.85. The maximum absolute atomic E-state index is 12.5. The van der Waals surface area contributed by atoms with E-state index in [0.717, 1.165) is 32.5 Å². The molecule has 0 atom stereocenters. The molecule has 0 aromatic carbocycles. The highest BCUT2D eigenvalue weighted by atomic mass is 16.2. The first-order valence-corrected chi connectivity index (χ1v) is 9.43. The highest BCUT2D eigenvalue weighted by Crippen LogP contribution is 2.39. The lowest BCUT2D eigenvalue weighted by Gasteiger charge is -2.32. The topological polar surface area (TPSA) is 51.0 Å². The summed E-state index contributed by atoms with van der Waals surface area (Å²) in [5.41, 5.74) is 1.98. The van der Waals surface area contributed by atoms with E-state index in [9.17, 15) is 4.79 Å². The number of nitrogens with zero attached hydrogens (tertiary/aromatic N) is 4. The summed E-state index contributed by atoms with van der Waals surface area (Å²) in [6, 6.07) is 3.67. The molecule has 0 N–H and O–H groups in total. The van der Waals surface area contributed by atoms with E-state index in [1.165, 1.54) is 30.8 Å². The highest BCUT2D eigenvalue weighted by Gasteiger charge is 2.29. The molecule has 2 aliphatic rings. The zero-order valence-electron chi connectivity index (χ0n) is 14.9. The molecule has 0 spiro atoms. The molecule has 2 aromatic heterocycles. The minimum absolute atomic E-state index is 0.119. The van der Waals surface area contributed by atoms with Gasteiger partial charge in [-0.25, -0.2) is 4.98 Å². The van der Waals surface area contributed by atoms with E-state index in [1.54, 1.807) is 12.4 Å². The summed E-state index contributed by atoms with van der Waals surface area (Å²) in [6.07, 6.45) is 11.4. The number of piperidine rings is 1. The van der Waals surface area contributed by atoms with Gasteiger partial charge in [-0.3, -0.25) is 9.78 Å². The number of rotatable bonds is 5. The molecule has 2 fully saturated rings. The van der Waals surface area contributed by atoms with Crippen molar-refractivity contribution in [1.82, 2.24) is 19.4 Å². The van der Waals surface area contributed by atoms with Gasteiger partial charge in [-0.2, -0.15) is 0 Å². The molecular formula is C20H26N4O.